The van der Waals surface area contributed by atoms with Crippen LogP contribution in [-0.4, -0.2) is 11.2 Å². The van der Waals surface area contributed by atoms with E-state index in [1.165, 1.54) is 12.8 Å². The predicted octanol–water partition coefficient (Wildman–Crippen LogP) is 3.36. The first-order chi connectivity index (χ1) is 5.63. The maximum absolute atomic E-state index is 9.72. The summed E-state index contributed by atoms with van der Waals surface area (Å²) in [5.41, 5.74) is 0.198. The summed E-state index contributed by atoms with van der Waals surface area (Å²) in [6, 6.07) is 0. The standard InChI is InChI=1S/C11H24O/c1-5-8-11(7-3,9-6-2)10(4)12/h10,12H,5-9H2,1-4H3. The molecule has 0 aromatic rings. The molecule has 0 spiro atoms. The van der Waals surface area contributed by atoms with Gasteiger partial charge < -0.3 is 5.11 Å². The first-order valence-electron chi connectivity index (χ1n) is 5.31. The second kappa shape index (κ2) is 5.58. The molecule has 0 heterocycles. The van der Waals surface area contributed by atoms with Crippen LogP contribution in [0.3, 0.4) is 0 Å². The van der Waals surface area contributed by atoms with Crippen LogP contribution in [0, 0.1) is 5.41 Å². The van der Waals surface area contributed by atoms with Gasteiger partial charge in [0, 0.05) is 0 Å². The van der Waals surface area contributed by atoms with Crippen LogP contribution >= 0.6 is 0 Å². The highest BCUT2D eigenvalue weighted by Gasteiger charge is 2.31. The predicted molar refractivity (Wildman–Crippen MR) is 54.2 cm³/mol. The lowest BCUT2D eigenvalue weighted by Crippen LogP contribution is -2.32. The molecule has 0 rings (SSSR count). The third-order valence-corrected chi connectivity index (χ3v) is 3.09. The Kier molecular flexibility index (Phi) is 5.56. The Morgan fingerprint density at radius 3 is 1.67 bits per heavy atom. The minimum Gasteiger partial charge on any atom is -0.393 e. The zero-order valence-corrected chi connectivity index (χ0v) is 9.06. The van der Waals surface area contributed by atoms with E-state index in [-0.39, 0.29) is 11.5 Å². The molecule has 1 heteroatoms. The van der Waals surface area contributed by atoms with E-state index in [0.717, 1.165) is 19.3 Å². The van der Waals surface area contributed by atoms with Crippen molar-refractivity contribution in [3.05, 3.63) is 0 Å². The summed E-state index contributed by atoms with van der Waals surface area (Å²) in [6.45, 7) is 8.53. The molecule has 0 saturated heterocycles. The fourth-order valence-electron chi connectivity index (χ4n) is 2.19. The summed E-state index contributed by atoms with van der Waals surface area (Å²) in [5.74, 6) is 0. The molecule has 1 nitrogen and oxygen atoms in total. The van der Waals surface area contributed by atoms with Crippen LogP contribution in [0.2, 0.25) is 0 Å². The van der Waals surface area contributed by atoms with Crippen molar-refractivity contribution in [2.75, 3.05) is 0 Å². The van der Waals surface area contributed by atoms with Crippen molar-refractivity contribution in [3.63, 3.8) is 0 Å². The van der Waals surface area contributed by atoms with Crippen LogP contribution in [0.15, 0.2) is 0 Å². The number of hydrogen-bond acceptors (Lipinski definition) is 1. The summed E-state index contributed by atoms with van der Waals surface area (Å²) in [7, 11) is 0. The third-order valence-electron chi connectivity index (χ3n) is 3.09. The van der Waals surface area contributed by atoms with E-state index in [1.807, 2.05) is 6.92 Å². The Morgan fingerprint density at radius 1 is 1.08 bits per heavy atom. The van der Waals surface area contributed by atoms with Crippen LogP contribution in [0.25, 0.3) is 0 Å². The van der Waals surface area contributed by atoms with Gasteiger partial charge in [-0.25, -0.2) is 0 Å². The Bertz CT molecular complexity index is 102. The molecule has 0 saturated carbocycles. The second-order valence-electron chi connectivity index (χ2n) is 3.89. The van der Waals surface area contributed by atoms with Crippen LogP contribution in [-0.2, 0) is 0 Å². The highest BCUT2D eigenvalue weighted by molar-refractivity contribution is 4.82. The highest BCUT2D eigenvalue weighted by atomic mass is 16.3. The van der Waals surface area contributed by atoms with Gasteiger partial charge in [0.2, 0.25) is 0 Å². The van der Waals surface area contributed by atoms with E-state index >= 15 is 0 Å². The minimum atomic E-state index is -0.151. The first kappa shape index (κ1) is 12.0. The van der Waals surface area contributed by atoms with Crippen molar-refractivity contribution in [1.82, 2.24) is 0 Å². The molecule has 0 amide bonds. The highest BCUT2D eigenvalue weighted by Crippen LogP contribution is 2.36. The van der Waals surface area contributed by atoms with E-state index in [0.29, 0.717) is 0 Å². The van der Waals surface area contributed by atoms with Crippen LogP contribution < -0.4 is 0 Å². The Balaban J connectivity index is 4.28. The molecule has 1 N–H and O–H groups in total. The van der Waals surface area contributed by atoms with Crippen LogP contribution in [0.5, 0.6) is 0 Å². The van der Waals surface area contributed by atoms with Crippen LogP contribution in [0.4, 0.5) is 0 Å². The molecule has 1 unspecified atom stereocenters. The summed E-state index contributed by atoms with van der Waals surface area (Å²) in [6.07, 6.45) is 5.64. The summed E-state index contributed by atoms with van der Waals surface area (Å²) >= 11 is 0. The van der Waals surface area contributed by atoms with Crippen molar-refractivity contribution in [2.24, 2.45) is 5.41 Å². The SMILES string of the molecule is CCCC(CC)(CCC)C(C)O. The number of aliphatic hydroxyl groups is 1. The van der Waals surface area contributed by atoms with Gasteiger partial charge in [0.25, 0.3) is 0 Å². The molecule has 0 bridgehead atoms. The van der Waals surface area contributed by atoms with Gasteiger partial charge in [-0.05, 0) is 31.6 Å². The Labute approximate surface area is 77.2 Å². The average Bonchev–Trinajstić information content (AvgIpc) is 2.03. The lowest BCUT2D eigenvalue weighted by molar-refractivity contribution is 0.0196. The number of rotatable bonds is 6. The lowest BCUT2D eigenvalue weighted by Gasteiger charge is -2.35. The fraction of sp³-hybridized carbons (Fsp3) is 1.00. The van der Waals surface area contributed by atoms with Gasteiger partial charge >= 0.3 is 0 Å². The van der Waals surface area contributed by atoms with Crippen LogP contribution in [0.1, 0.15) is 59.8 Å². The Morgan fingerprint density at radius 2 is 1.50 bits per heavy atom. The van der Waals surface area contributed by atoms with E-state index in [2.05, 4.69) is 20.8 Å². The van der Waals surface area contributed by atoms with Gasteiger partial charge in [-0.3, -0.25) is 0 Å². The van der Waals surface area contributed by atoms with Gasteiger partial charge in [-0.2, -0.15) is 0 Å². The quantitative estimate of drug-likeness (QED) is 0.651. The van der Waals surface area contributed by atoms with Crippen molar-refractivity contribution in [2.45, 2.75) is 65.9 Å². The monoisotopic (exact) mass is 172 g/mol. The molecule has 0 aliphatic carbocycles. The molecule has 0 aliphatic rings. The topological polar surface area (TPSA) is 20.2 Å². The summed E-state index contributed by atoms with van der Waals surface area (Å²) < 4.78 is 0. The summed E-state index contributed by atoms with van der Waals surface area (Å²) in [5, 5.41) is 9.72. The second-order valence-corrected chi connectivity index (χ2v) is 3.89. The molecule has 0 aromatic heterocycles. The smallest absolute Gasteiger partial charge is 0.0568 e. The molecular weight excluding hydrogens is 148 g/mol. The third kappa shape index (κ3) is 2.78. The molecular formula is C11H24O. The maximum atomic E-state index is 9.72. The van der Waals surface area contributed by atoms with E-state index in [4.69, 9.17) is 0 Å². The van der Waals surface area contributed by atoms with Gasteiger partial charge in [0.1, 0.15) is 0 Å². The van der Waals surface area contributed by atoms with Gasteiger partial charge in [0.05, 0.1) is 6.10 Å². The van der Waals surface area contributed by atoms with E-state index in [1.54, 1.807) is 0 Å². The molecule has 1 atom stereocenters. The zero-order chi connectivity index (χ0) is 9.61. The number of aliphatic hydroxyl groups excluding tert-OH is 1. The van der Waals surface area contributed by atoms with Crippen molar-refractivity contribution >= 4 is 0 Å². The van der Waals surface area contributed by atoms with E-state index in [9.17, 15) is 5.11 Å². The lowest BCUT2D eigenvalue weighted by atomic mass is 9.73. The normalized spacial score (nSPS) is 14.8. The van der Waals surface area contributed by atoms with E-state index < -0.39 is 0 Å². The average molecular weight is 172 g/mol. The minimum absolute atomic E-state index is 0.151. The number of hydrogen-bond donors (Lipinski definition) is 1. The van der Waals surface area contributed by atoms with Gasteiger partial charge in [-0.15, -0.1) is 0 Å². The summed E-state index contributed by atoms with van der Waals surface area (Å²) in [4.78, 5) is 0. The van der Waals surface area contributed by atoms with Crippen molar-refractivity contribution in [3.8, 4) is 0 Å². The molecule has 12 heavy (non-hydrogen) atoms. The maximum Gasteiger partial charge on any atom is 0.0568 e. The van der Waals surface area contributed by atoms with Gasteiger partial charge in [0.15, 0.2) is 0 Å². The molecule has 0 aromatic carbocycles. The largest absolute Gasteiger partial charge is 0.393 e. The molecule has 74 valence electrons. The van der Waals surface area contributed by atoms with Crippen molar-refractivity contribution < 1.29 is 5.11 Å². The molecule has 0 aliphatic heterocycles. The van der Waals surface area contributed by atoms with Crippen molar-refractivity contribution in [1.29, 1.82) is 0 Å². The van der Waals surface area contributed by atoms with Gasteiger partial charge in [-0.1, -0.05) is 33.6 Å². The Hall–Kier alpha value is -0.0400. The fourth-order valence-corrected chi connectivity index (χ4v) is 2.19. The first-order valence-corrected chi connectivity index (χ1v) is 5.31. The zero-order valence-electron chi connectivity index (χ0n) is 9.06. The molecule has 0 fully saturated rings. The molecule has 0 radical (unpaired) electrons.